The molecule has 9 heteroatoms. The van der Waals surface area contributed by atoms with Crippen LogP contribution in [0.5, 0.6) is 0 Å². The maximum Gasteiger partial charge on any atom is 0.277 e. The Labute approximate surface area is 178 Å². The van der Waals surface area contributed by atoms with Crippen molar-refractivity contribution in [2.75, 3.05) is 49.6 Å². The summed E-state index contributed by atoms with van der Waals surface area (Å²) in [7, 11) is 0. The van der Waals surface area contributed by atoms with E-state index in [4.69, 9.17) is 4.74 Å². The normalized spacial score (nSPS) is 17.6. The second-order valence-electron chi connectivity index (χ2n) is 7.53. The Morgan fingerprint density at radius 1 is 1.13 bits per heavy atom. The molecule has 0 aromatic carbocycles. The number of nitrogens with one attached hydrogen (secondary N) is 1. The molecule has 0 radical (unpaired) electrons. The molecule has 2 aromatic heterocycles. The first-order valence-corrected chi connectivity index (χ1v) is 10.3. The van der Waals surface area contributed by atoms with E-state index in [0.717, 1.165) is 12.8 Å². The molecule has 2 saturated heterocycles. The monoisotopic (exact) mass is 414 g/mol. The van der Waals surface area contributed by atoms with Gasteiger partial charge in [-0.15, -0.1) is 0 Å². The first kappa shape index (κ1) is 20.2. The summed E-state index contributed by atoms with van der Waals surface area (Å²) in [6.45, 7) is 5.69. The number of hydrogen-bond acceptors (Lipinski definition) is 7. The maximum atomic E-state index is 12.7. The van der Waals surface area contributed by atoms with Gasteiger partial charge in [0.15, 0.2) is 5.69 Å². The van der Waals surface area contributed by atoms with Crippen molar-refractivity contribution in [3.05, 3.63) is 42.0 Å². The Hall–Kier alpha value is -3.07. The minimum Gasteiger partial charge on any atom is -0.381 e. The molecular formula is C21H30N6O3. The lowest BCUT2D eigenvalue weighted by molar-refractivity contribution is -0.138. The molecule has 9 nitrogen and oxygen atoms in total. The molecule has 4 rings (SSSR count). The Kier molecular flexibility index (Phi) is 6.18. The molecule has 2 aliphatic heterocycles. The van der Waals surface area contributed by atoms with Crippen LogP contribution in [-0.4, -0.2) is 71.1 Å². The summed E-state index contributed by atoms with van der Waals surface area (Å²) < 4.78 is 5.36. The highest BCUT2D eigenvalue weighted by Crippen LogP contribution is 2.20. The third-order valence-electron chi connectivity index (χ3n) is 5.55. The van der Waals surface area contributed by atoms with E-state index in [0.29, 0.717) is 56.7 Å². The molecule has 2 aromatic rings. The van der Waals surface area contributed by atoms with Gasteiger partial charge < -0.3 is 19.9 Å². The standard InChI is InChI=1S/C21H26N6O3.2H2/c1-15-19(20(28)24-17-4-2-3-7-22-17)25-18(14-23-15)26-8-10-27(11-9-26)21(29)16-5-12-30-13-6-16;;/h2-4,7,14,16H,5-6,8-13H2,1H3,(H,22,24,28);2*1H. The van der Waals surface area contributed by atoms with Crippen LogP contribution in [0.4, 0.5) is 11.6 Å². The van der Waals surface area contributed by atoms with Crippen LogP contribution in [0.3, 0.4) is 0 Å². The molecule has 1 N–H and O–H groups in total. The summed E-state index contributed by atoms with van der Waals surface area (Å²) in [6.07, 6.45) is 4.91. The number of rotatable bonds is 4. The van der Waals surface area contributed by atoms with Gasteiger partial charge in [-0.25, -0.2) is 9.97 Å². The van der Waals surface area contributed by atoms with Crippen LogP contribution in [0, 0.1) is 12.8 Å². The molecule has 0 aliphatic carbocycles. The van der Waals surface area contributed by atoms with Crippen LogP contribution < -0.4 is 10.2 Å². The predicted octanol–water partition coefficient (Wildman–Crippen LogP) is 2.00. The average Bonchev–Trinajstić information content (AvgIpc) is 2.80. The van der Waals surface area contributed by atoms with E-state index >= 15 is 0 Å². The summed E-state index contributed by atoms with van der Waals surface area (Å²) in [5.41, 5.74) is 0.833. The first-order valence-electron chi connectivity index (χ1n) is 10.3. The summed E-state index contributed by atoms with van der Waals surface area (Å²) in [5.74, 6) is 1.07. The fourth-order valence-electron chi connectivity index (χ4n) is 3.78. The molecule has 4 heterocycles. The number of amides is 2. The highest BCUT2D eigenvalue weighted by Gasteiger charge is 2.29. The lowest BCUT2D eigenvalue weighted by Crippen LogP contribution is -2.51. The number of carbonyl (C=O) groups excluding carboxylic acids is 2. The van der Waals surface area contributed by atoms with Crippen LogP contribution in [0.2, 0.25) is 0 Å². The quantitative estimate of drug-likeness (QED) is 0.817. The minimum atomic E-state index is -0.339. The van der Waals surface area contributed by atoms with Crippen LogP contribution >= 0.6 is 0 Å². The molecule has 0 spiro atoms. The van der Waals surface area contributed by atoms with Gasteiger partial charge in [0.1, 0.15) is 11.6 Å². The zero-order valence-electron chi connectivity index (χ0n) is 17.1. The molecule has 30 heavy (non-hydrogen) atoms. The van der Waals surface area contributed by atoms with Crippen LogP contribution in [0.25, 0.3) is 0 Å². The highest BCUT2D eigenvalue weighted by molar-refractivity contribution is 6.03. The zero-order valence-corrected chi connectivity index (χ0v) is 17.1. The highest BCUT2D eigenvalue weighted by atomic mass is 16.5. The first-order chi connectivity index (χ1) is 14.6. The lowest BCUT2D eigenvalue weighted by atomic mass is 9.98. The third-order valence-corrected chi connectivity index (χ3v) is 5.55. The second kappa shape index (κ2) is 9.17. The Bertz CT molecular complexity index is 904. The predicted molar refractivity (Wildman–Crippen MR) is 116 cm³/mol. The van der Waals surface area contributed by atoms with Gasteiger partial charge in [-0.2, -0.15) is 0 Å². The summed E-state index contributed by atoms with van der Waals surface area (Å²) >= 11 is 0. The van der Waals surface area contributed by atoms with E-state index in [2.05, 4.69) is 25.2 Å². The molecule has 0 unspecified atom stereocenters. The van der Waals surface area contributed by atoms with E-state index in [-0.39, 0.29) is 26.3 Å². The van der Waals surface area contributed by atoms with Gasteiger partial charge in [0.2, 0.25) is 5.91 Å². The lowest BCUT2D eigenvalue weighted by Gasteiger charge is -2.37. The van der Waals surface area contributed by atoms with Gasteiger partial charge in [0.05, 0.1) is 11.9 Å². The fourth-order valence-corrected chi connectivity index (χ4v) is 3.78. The SMILES string of the molecule is Cc1ncc(N2CCN(C(=O)C3CCOCC3)CC2)nc1C(=O)Nc1ccccn1.[HH].[HH]. The number of nitrogens with zero attached hydrogens (tertiary/aromatic N) is 5. The Morgan fingerprint density at radius 2 is 1.90 bits per heavy atom. The molecule has 2 aliphatic rings. The molecule has 0 atom stereocenters. The molecule has 0 saturated carbocycles. The number of aromatic nitrogens is 3. The van der Waals surface area contributed by atoms with Crippen molar-refractivity contribution in [3.63, 3.8) is 0 Å². The zero-order chi connectivity index (χ0) is 20.9. The van der Waals surface area contributed by atoms with E-state index in [1.807, 2.05) is 4.90 Å². The van der Waals surface area contributed by atoms with Gasteiger partial charge in [-0.1, -0.05) is 6.07 Å². The van der Waals surface area contributed by atoms with Crippen LogP contribution in [0.15, 0.2) is 30.6 Å². The number of hydrogen-bond donors (Lipinski definition) is 1. The molecule has 2 amide bonds. The average molecular weight is 415 g/mol. The van der Waals surface area contributed by atoms with Crippen LogP contribution in [-0.2, 0) is 9.53 Å². The van der Waals surface area contributed by atoms with Crippen molar-refractivity contribution < 1.29 is 17.2 Å². The number of aryl methyl sites for hydroxylation is 1. The molecule has 2 fully saturated rings. The fraction of sp³-hybridized carbons (Fsp3) is 0.476. The minimum absolute atomic E-state index is 0. The molecular weight excluding hydrogens is 384 g/mol. The maximum absolute atomic E-state index is 12.7. The smallest absolute Gasteiger partial charge is 0.277 e. The van der Waals surface area contributed by atoms with E-state index in [9.17, 15) is 9.59 Å². The Balaban J connectivity index is 0.00000181. The number of ether oxygens (including phenoxy) is 1. The number of piperazine rings is 1. The van der Waals surface area contributed by atoms with Crippen molar-refractivity contribution in [2.45, 2.75) is 19.8 Å². The molecule has 0 bridgehead atoms. The van der Waals surface area contributed by atoms with Gasteiger partial charge in [0.25, 0.3) is 5.91 Å². The van der Waals surface area contributed by atoms with E-state index in [1.165, 1.54) is 0 Å². The largest absolute Gasteiger partial charge is 0.381 e. The van der Waals surface area contributed by atoms with Crippen molar-refractivity contribution in [2.24, 2.45) is 5.92 Å². The third kappa shape index (κ3) is 4.56. The van der Waals surface area contributed by atoms with Gasteiger partial charge in [0, 0.05) is 54.4 Å². The van der Waals surface area contributed by atoms with Crippen LogP contribution in [0.1, 0.15) is 31.9 Å². The topological polar surface area (TPSA) is 101 Å². The number of pyridine rings is 1. The summed E-state index contributed by atoms with van der Waals surface area (Å²) in [6, 6.07) is 5.31. The van der Waals surface area contributed by atoms with E-state index < -0.39 is 0 Å². The summed E-state index contributed by atoms with van der Waals surface area (Å²) in [5, 5.41) is 2.75. The number of carbonyl (C=O) groups is 2. The number of anilines is 2. The van der Waals surface area contributed by atoms with Crippen molar-refractivity contribution in [1.82, 2.24) is 19.9 Å². The van der Waals surface area contributed by atoms with E-state index in [1.54, 1.807) is 37.5 Å². The van der Waals surface area contributed by atoms with Gasteiger partial charge >= 0.3 is 0 Å². The van der Waals surface area contributed by atoms with Crippen molar-refractivity contribution in [1.29, 1.82) is 0 Å². The second-order valence-corrected chi connectivity index (χ2v) is 7.53. The molecule has 162 valence electrons. The van der Waals surface area contributed by atoms with Gasteiger partial charge in [-0.3, -0.25) is 14.6 Å². The van der Waals surface area contributed by atoms with Crippen molar-refractivity contribution in [3.8, 4) is 0 Å². The Morgan fingerprint density at radius 3 is 2.60 bits per heavy atom. The van der Waals surface area contributed by atoms with Crippen molar-refractivity contribution >= 4 is 23.5 Å². The van der Waals surface area contributed by atoms with Gasteiger partial charge in [-0.05, 0) is 31.9 Å². The summed E-state index contributed by atoms with van der Waals surface area (Å²) in [4.78, 5) is 42.4.